The second kappa shape index (κ2) is 7.41. The molecule has 0 atom stereocenters. The first-order valence-electron chi connectivity index (χ1n) is 8.66. The summed E-state index contributed by atoms with van der Waals surface area (Å²) in [5.74, 6) is 1.24. The molecule has 0 aromatic heterocycles. The van der Waals surface area contributed by atoms with E-state index in [1.165, 1.54) is 0 Å². The van der Waals surface area contributed by atoms with Crippen LogP contribution in [0.2, 0.25) is 5.02 Å². The molecule has 1 heterocycles. The van der Waals surface area contributed by atoms with Crippen LogP contribution in [-0.4, -0.2) is 11.6 Å². The van der Waals surface area contributed by atoms with Gasteiger partial charge < -0.3 is 10.1 Å². The third-order valence-electron chi connectivity index (χ3n) is 4.47. The van der Waals surface area contributed by atoms with Crippen molar-refractivity contribution in [2.24, 2.45) is 4.99 Å². The van der Waals surface area contributed by atoms with Gasteiger partial charge in [-0.1, -0.05) is 23.7 Å². The van der Waals surface area contributed by atoms with Gasteiger partial charge in [0.05, 0.1) is 16.4 Å². The quantitative estimate of drug-likeness (QED) is 0.484. The second-order valence-electron chi connectivity index (χ2n) is 6.55. The van der Waals surface area contributed by atoms with E-state index < -0.39 is 0 Å². The fraction of sp³-hybridized carbons (Fsp3) is 0.0909. The predicted octanol–water partition coefficient (Wildman–Crippen LogP) is 6.58. The Kier molecular flexibility index (Phi) is 4.96. The Balaban J connectivity index is 1.63. The van der Waals surface area contributed by atoms with Gasteiger partial charge in [-0.2, -0.15) is 0 Å². The SMILES string of the molecule is Cc1cccc(Oc2ccc(N=C3C(=O)Nc4c3cc(Br)c(Cl)c4C)cc2)c1. The molecule has 140 valence electrons. The van der Waals surface area contributed by atoms with Gasteiger partial charge in [0.25, 0.3) is 5.91 Å². The highest BCUT2D eigenvalue weighted by Crippen LogP contribution is 2.38. The van der Waals surface area contributed by atoms with Gasteiger partial charge in [-0.3, -0.25) is 4.79 Å². The summed E-state index contributed by atoms with van der Waals surface area (Å²) in [4.78, 5) is 17.0. The number of fused-ring (bicyclic) bond motifs is 1. The summed E-state index contributed by atoms with van der Waals surface area (Å²) < 4.78 is 6.59. The fourth-order valence-corrected chi connectivity index (χ4v) is 3.72. The summed E-state index contributed by atoms with van der Waals surface area (Å²) in [5.41, 5.74) is 4.41. The van der Waals surface area contributed by atoms with Crippen LogP contribution in [0.15, 0.2) is 64.1 Å². The standard InChI is InChI=1S/C22H16BrClN2O2/c1-12-4-3-5-16(10-12)28-15-8-6-14(7-9-15)25-21-17-11-18(23)19(24)13(2)20(17)26-22(21)27/h3-11H,1-2H3,(H,25,26,27). The topological polar surface area (TPSA) is 50.7 Å². The van der Waals surface area contributed by atoms with E-state index in [2.05, 4.69) is 26.2 Å². The zero-order valence-corrected chi connectivity index (χ0v) is 17.6. The van der Waals surface area contributed by atoms with Gasteiger partial charge >= 0.3 is 0 Å². The number of nitrogens with one attached hydrogen (secondary N) is 1. The van der Waals surface area contributed by atoms with E-state index in [4.69, 9.17) is 16.3 Å². The van der Waals surface area contributed by atoms with Crippen LogP contribution in [0, 0.1) is 13.8 Å². The monoisotopic (exact) mass is 454 g/mol. The van der Waals surface area contributed by atoms with Crippen LogP contribution in [0.5, 0.6) is 11.5 Å². The zero-order chi connectivity index (χ0) is 19.8. The number of hydrogen-bond donors (Lipinski definition) is 1. The zero-order valence-electron chi connectivity index (χ0n) is 15.2. The molecule has 0 unspecified atom stereocenters. The average Bonchev–Trinajstić information content (AvgIpc) is 2.97. The largest absolute Gasteiger partial charge is 0.457 e. The molecule has 0 radical (unpaired) electrons. The highest BCUT2D eigenvalue weighted by atomic mass is 79.9. The third-order valence-corrected chi connectivity index (χ3v) is 5.81. The number of rotatable bonds is 3. The number of benzene rings is 3. The molecule has 28 heavy (non-hydrogen) atoms. The van der Waals surface area contributed by atoms with Crippen LogP contribution >= 0.6 is 27.5 Å². The maximum atomic E-state index is 12.4. The molecule has 1 amide bonds. The van der Waals surface area contributed by atoms with Gasteiger partial charge in [0.1, 0.15) is 17.2 Å². The van der Waals surface area contributed by atoms with Crippen LogP contribution in [0.4, 0.5) is 11.4 Å². The van der Waals surface area contributed by atoms with Crippen molar-refractivity contribution in [1.29, 1.82) is 0 Å². The number of anilines is 1. The van der Waals surface area contributed by atoms with Crippen molar-refractivity contribution in [2.45, 2.75) is 13.8 Å². The lowest BCUT2D eigenvalue weighted by atomic mass is 10.1. The number of aliphatic imine (C=N–C) groups is 1. The van der Waals surface area contributed by atoms with E-state index >= 15 is 0 Å². The lowest BCUT2D eigenvalue weighted by molar-refractivity contribution is -0.110. The molecule has 0 bridgehead atoms. The number of ether oxygens (including phenoxy) is 1. The van der Waals surface area contributed by atoms with Crippen LogP contribution in [0.25, 0.3) is 0 Å². The molecule has 6 heteroatoms. The van der Waals surface area contributed by atoms with Gasteiger partial charge in [-0.25, -0.2) is 4.99 Å². The van der Waals surface area contributed by atoms with Crippen LogP contribution < -0.4 is 10.1 Å². The molecule has 1 aliphatic heterocycles. The first-order valence-corrected chi connectivity index (χ1v) is 9.83. The summed E-state index contributed by atoms with van der Waals surface area (Å²) in [6, 6.07) is 17.0. The summed E-state index contributed by atoms with van der Waals surface area (Å²) in [7, 11) is 0. The van der Waals surface area contributed by atoms with Crippen molar-refractivity contribution in [3.05, 3.63) is 80.8 Å². The molecule has 1 N–H and O–H groups in total. The second-order valence-corrected chi connectivity index (χ2v) is 7.78. The van der Waals surface area contributed by atoms with Crippen molar-refractivity contribution in [3.8, 4) is 11.5 Å². The molecule has 3 aromatic carbocycles. The van der Waals surface area contributed by atoms with Gasteiger partial charge in [0, 0.05) is 10.0 Å². The minimum absolute atomic E-state index is 0.243. The fourth-order valence-electron chi connectivity index (χ4n) is 3.04. The first-order chi connectivity index (χ1) is 13.4. The normalized spacial score (nSPS) is 14.1. The average molecular weight is 456 g/mol. The minimum Gasteiger partial charge on any atom is -0.457 e. The van der Waals surface area contributed by atoms with E-state index in [0.29, 0.717) is 27.9 Å². The van der Waals surface area contributed by atoms with E-state index in [1.807, 2.05) is 68.4 Å². The molecule has 0 saturated heterocycles. The number of halogens is 2. The van der Waals surface area contributed by atoms with Crippen LogP contribution in [0.1, 0.15) is 16.7 Å². The highest BCUT2D eigenvalue weighted by molar-refractivity contribution is 9.10. The van der Waals surface area contributed by atoms with Crippen molar-refractivity contribution < 1.29 is 9.53 Å². The molecule has 0 fully saturated rings. The summed E-state index contributed by atoms with van der Waals surface area (Å²) >= 11 is 9.69. The number of nitrogens with zero attached hydrogens (tertiary/aromatic N) is 1. The number of amides is 1. The Morgan fingerprint density at radius 3 is 2.50 bits per heavy atom. The van der Waals surface area contributed by atoms with E-state index in [1.54, 1.807) is 0 Å². The van der Waals surface area contributed by atoms with Gasteiger partial charge in [0.2, 0.25) is 0 Å². The molecule has 4 nitrogen and oxygen atoms in total. The molecular weight excluding hydrogens is 440 g/mol. The van der Waals surface area contributed by atoms with Crippen molar-refractivity contribution in [3.63, 3.8) is 0 Å². The van der Waals surface area contributed by atoms with Crippen molar-refractivity contribution in [2.75, 3.05) is 5.32 Å². The predicted molar refractivity (Wildman–Crippen MR) is 116 cm³/mol. The van der Waals surface area contributed by atoms with Crippen molar-refractivity contribution in [1.82, 2.24) is 0 Å². The molecule has 0 spiro atoms. The molecule has 0 saturated carbocycles. The maximum absolute atomic E-state index is 12.4. The smallest absolute Gasteiger partial charge is 0.275 e. The molecule has 1 aliphatic rings. The Morgan fingerprint density at radius 2 is 1.79 bits per heavy atom. The number of carbonyl (C=O) groups excluding carboxylic acids is 1. The van der Waals surface area contributed by atoms with Crippen molar-refractivity contribution >= 4 is 50.5 Å². The molecule has 3 aromatic rings. The lowest BCUT2D eigenvalue weighted by Gasteiger charge is -2.07. The van der Waals surface area contributed by atoms with Gasteiger partial charge in [0.15, 0.2) is 0 Å². The molecular formula is C22H16BrClN2O2. The molecule has 0 aliphatic carbocycles. The maximum Gasteiger partial charge on any atom is 0.275 e. The first kappa shape index (κ1) is 18.7. The number of carbonyl (C=O) groups is 1. The van der Waals surface area contributed by atoms with Crippen LogP contribution in [0.3, 0.4) is 0 Å². The minimum atomic E-state index is -0.243. The van der Waals surface area contributed by atoms with Gasteiger partial charge in [-0.05, 0) is 83.4 Å². The lowest BCUT2D eigenvalue weighted by Crippen LogP contribution is -2.13. The van der Waals surface area contributed by atoms with Crippen LogP contribution in [-0.2, 0) is 4.79 Å². The summed E-state index contributed by atoms with van der Waals surface area (Å²) in [5, 5.41) is 3.44. The number of aryl methyl sites for hydroxylation is 1. The van der Waals surface area contributed by atoms with E-state index in [-0.39, 0.29) is 5.91 Å². The van der Waals surface area contributed by atoms with E-state index in [0.717, 1.165) is 26.9 Å². The Labute approximate surface area is 176 Å². The van der Waals surface area contributed by atoms with E-state index in [9.17, 15) is 4.79 Å². The number of hydrogen-bond acceptors (Lipinski definition) is 3. The Hall–Kier alpha value is -2.63. The Morgan fingerprint density at radius 1 is 1.04 bits per heavy atom. The third kappa shape index (κ3) is 3.55. The Bertz CT molecular complexity index is 1120. The van der Waals surface area contributed by atoms with Gasteiger partial charge in [-0.15, -0.1) is 0 Å². The summed E-state index contributed by atoms with van der Waals surface area (Å²) in [6.45, 7) is 3.89. The highest BCUT2D eigenvalue weighted by Gasteiger charge is 2.29. The molecule has 4 rings (SSSR count). The summed E-state index contributed by atoms with van der Waals surface area (Å²) in [6.07, 6.45) is 0.